The molecule has 3 nitrogen and oxygen atoms in total. The average Bonchev–Trinajstić information content (AvgIpc) is 3.22. The van der Waals surface area contributed by atoms with E-state index in [1.54, 1.807) is 0 Å². The smallest absolute Gasteiger partial charge is 0.213 e. The number of hydrogen-bond acceptors (Lipinski definition) is 3. The molecule has 0 saturated heterocycles. The van der Waals surface area contributed by atoms with Gasteiger partial charge in [-0.15, -0.1) is 0 Å². The molecule has 2 aliphatic rings. The van der Waals surface area contributed by atoms with Crippen molar-refractivity contribution in [2.24, 2.45) is 11.8 Å². The number of pyridine rings is 1. The first kappa shape index (κ1) is 15.1. The second-order valence-corrected chi connectivity index (χ2v) is 7.30. The van der Waals surface area contributed by atoms with Crippen molar-refractivity contribution in [3.05, 3.63) is 22.8 Å². The summed E-state index contributed by atoms with van der Waals surface area (Å²) in [4.78, 5) is 4.60. The molecule has 21 heavy (non-hydrogen) atoms. The van der Waals surface area contributed by atoms with E-state index in [4.69, 9.17) is 16.3 Å². The Balaban J connectivity index is 1.62. The topological polar surface area (TPSA) is 34.1 Å². The van der Waals surface area contributed by atoms with Crippen LogP contribution >= 0.6 is 11.6 Å². The van der Waals surface area contributed by atoms with Gasteiger partial charge in [-0.1, -0.05) is 25.4 Å². The van der Waals surface area contributed by atoms with Crippen LogP contribution in [-0.2, 0) is 6.54 Å². The van der Waals surface area contributed by atoms with Gasteiger partial charge in [-0.05, 0) is 50.0 Å². The zero-order valence-electron chi connectivity index (χ0n) is 12.9. The monoisotopic (exact) mass is 308 g/mol. The van der Waals surface area contributed by atoms with E-state index in [2.05, 4.69) is 24.1 Å². The summed E-state index contributed by atoms with van der Waals surface area (Å²) in [5, 5.41) is 4.18. The number of nitrogens with one attached hydrogen (secondary N) is 1. The number of ether oxygens (including phenoxy) is 1. The minimum absolute atomic E-state index is 0.293. The maximum absolute atomic E-state index is 6.23. The number of rotatable bonds is 5. The summed E-state index contributed by atoms with van der Waals surface area (Å²) in [5.74, 6) is 2.20. The molecule has 2 saturated carbocycles. The molecular formula is C17H25ClN2O. The summed E-state index contributed by atoms with van der Waals surface area (Å²) in [6, 6.07) is 4.46. The van der Waals surface area contributed by atoms with Crippen LogP contribution < -0.4 is 10.1 Å². The normalized spacial score (nSPS) is 29.4. The highest BCUT2D eigenvalue weighted by atomic mass is 35.5. The Kier molecular flexibility index (Phi) is 4.70. The van der Waals surface area contributed by atoms with Crippen molar-refractivity contribution in [1.82, 2.24) is 10.3 Å². The van der Waals surface area contributed by atoms with Gasteiger partial charge in [0.1, 0.15) is 6.10 Å². The lowest BCUT2D eigenvalue weighted by molar-refractivity contribution is 0.0965. The highest BCUT2D eigenvalue weighted by Gasteiger charge is 2.26. The zero-order valence-corrected chi connectivity index (χ0v) is 13.7. The van der Waals surface area contributed by atoms with Crippen molar-refractivity contribution in [2.75, 3.05) is 0 Å². The Morgan fingerprint density at radius 2 is 1.90 bits per heavy atom. The molecule has 0 radical (unpaired) electrons. The SMILES string of the molecule is CC1CC(C)CC(Oc2ccc(Cl)c(CNC3CC3)n2)C1. The molecular weight excluding hydrogens is 284 g/mol. The van der Waals surface area contributed by atoms with Crippen LogP contribution in [0.3, 0.4) is 0 Å². The molecule has 1 aromatic heterocycles. The molecule has 3 rings (SSSR count). The Hall–Kier alpha value is -0.800. The van der Waals surface area contributed by atoms with Crippen LogP contribution in [0, 0.1) is 11.8 Å². The van der Waals surface area contributed by atoms with Gasteiger partial charge in [0.15, 0.2) is 0 Å². The first-order valence-corrected chi connectivity index (χ1v) is 8.53. The molecule has 0 amide bonds. The third kappa shape index (κ3) is 4.33. The number of nitrogens with zero attached hydrogens (tertiary/aromatic N) is 1. The molecule has 2 unspecified atom stereocenters. The second-order valence-electron chi connectivity index (χ2n) is 6.89. The van der Waals surface area contributed by atoms with E-state index in [1.165, 1.54) is 19.3 Å². The summed E-state index contributed by atoms with van der Waals surface area (Å²) in [6.07, 6.45) is 6.40. The van der Waals surface area contributed by atoms with Crippen molar-refractivity contribution in [3.63, 3.8) is 0 Å². The first-order valence-electron chi connectivity index (χ1n) is 8.15. The molecule has 2 aliphatic carbocycles. The fraction of sp³-hybridized carbons (Fsp3) is 0.706. The number of halogens is 1. The predicted molar refractivity (Wildman–Crippen MR) is 85.7 cm³/mol. The van der Waals surface area contributed by atoms with Gasteiger partial charge in [0, 0.05) is 18.7 Å². The molecule has 1 heterocycles. The fourth-order valence-electron chi connectivity index (χ4n) is 3.32. The lowest BCUT2D eigenvalue weighted by Crippen LogP contribution is -2.29. The minimum atomic E-state index is 0.293. The Morgan fingerprint density at radius 1 is 1.19 bits per heavy atom. The summed E-state index contributed by atoms with van der Waals surface area (Å²) in [6.45, 7) is 5.36. The Morgan fingerprint density at radius 3 is 2.57 bits per heavy atom. The van der Waals surface area contributed by atoms with Gasteiger partial charge in [0.05, 0.1) is 10.7 Å². The molecule has 0 spiro atoms. The number of aromatic nitrogens is 1. The van der Waals surface area contributed by atoms with Gasteiger partial charge < -0.3 is 10.1 Å². The van der Waals surface area contributed by atoms with Gasteiger partial charge in [-0.3, -0.25) is 0 Å². The van der Waals surface area contributed by atoms with E-state index in [0.29, 0.717) is 12.1 Å². The van der Waals surface area contributed by atoms with Crippen LogP contribution in [0.2, 0.25) is 5.02 Å². The molecule has 2 atom stereocenters. The highest BCUT2D eigenvalue weighted by molar-refractivity contribution is 6.31. The van der Waals surface area contributed by atoms with Crippen LogP contribution in [0.15, 0.2) is 12.1 Å². The van der Waals surface area contributed by atoms with Crippen LogP contribution in [0.4, 0.5) is 0 Å². The largest absolute Gasteiger partial charge is 0.474 e. The maximum Gasteiger partial charge on any atom is 0.213 e. The molecule has 4 heteroatoms. The lowest BCUT2D eigenvalue weighted by atomic mass is 9.82. The van der Waals surface area contributed by atoms with Crippen molar-refractivity contribution >= 4 is 11.6 Å². The van der Waals surface area contributed by atoms with E-state index in [1.807, 2.05) is 12.1 Å². The van der Waals surface area contributed by atoms with Gasteiger partial charge in [0.2, 0.25) is 5.88 Å². The van der Waals surface area contributed by atoms with Crippen molar-refractivity contribution in [3.8, 4) is 5.88 Å². The fourth-order valence-corrected chi connectivity index (χ4v) is 3.49. The summed E-state index contributed by atoms with van der Waals surface area (Å²) >= 11 is 6.23. The zero-order chi connectivity index (χ0) is 14.8. The van der Waals surface area contributed by atoms with Crippen LogP contribution in [0.25, 0.3) is 0 Å². The van der Waals surface area contributed by atoms with E-state index in [-0.39, 0.29) is 0 Å². The summed E-state index contributed by atoms with van der Waals surface area (Å²) in [5.41, 5.74) is 0.901. The van der Waals surface area contributed by atoms with Crippen LogP contribution in [0.1, 0.15) is 51.6 Å². The molecule has 2 fully saturated rings. The summed E-state index contributed by atoms with van der Waals surface area (Å²) in [7, 11) is 0. The Labute approximate surface area is 132 Å². The molecule has 0 aliphatic heterocycles. The maximum atomic E-state index is 6.23. The van der Waals surface area contributed by atoms with Crippen molar-refractivity contribution < 1.29 is 4.74 Å². The number of hydrogen-bond donors (Lipinski definition) is 1. The lowest BCUT2D eigenvalue weighted by Gasteiger charge is -2.31. The third-order valence-electron chi connectivity index (χ3n) is 4.45. The van der Waals surface area contributed by atoms with Gasteiger partial charge in [-0.25, -0.2) is 4.98 Å². The third-order valence-corrected chi connectivity index (χ3v) is 4.80. The van der Waals surface area contributed by atoms with Crippen molar-refractivity contribution in [2.45, 2.75) is 64.6 Å². The predicted octanol–water partition coefficient (Wildman–Crippen LogP) is 4.19. The van der Waals surface area contributed by atoms with E-state index >= 15 is 0 Å². The minimum Gasteiger partial charge on any atom is -0.474 e. The van der Waals surface area contributed by atoms with Crippen molar-refractivity contribution in [1.29, 1.82) is 0 Å². The average molecular weight is 309 g/mol. The van der Waals surface area contributed by atoms with E-state index in [0.717, 1.165) is 47.8 Å². The molecule has 116 valence electrons. The van der Waals surface area contributed by atoms with E-state index in [9.17, 15) is 0 Å². The quantitative estimate of drug-likeness (QED) is 0.885. The molecule has 0 aromatic carbocycles. The van der Waals surface area contributed by atoms with Crippen LogP contribution in [-0.4, -0.2) is 17.1 Å². The summed E-state index contributed by atoms with van der Waals surface area (Å²) < 4.78 is 6.12. The standard InChI is InChI=1S/C17H25ClN2O/c1-11-7-12(2)9-14(8-11)21-17-6-5-15(18)16(20-17)10-19-13-3-4-13/h5-6,11-14,19H,3-4,7-10H2,1-2H3. The van der Waals surface area contributed by atoms with Gasteiger partial charge in [0.25, 0.3) is 0 Å². The highest BCUT2D eigenvalue weighted by Crippen LogP contribution is 2.31. The van der Waals surface area contributed by atoms with Crippen LogP contribution in [0.5, 0.6) is 5.88 Å². The Bertz CT molecular complexity index is 480. The van der Waals surface area contributed by atoms with E-state index < -0.39 is 0 Å². The molecule has 1 N–H and O–H groups in total. The second kappa shape index (κ2) is 6.53. The molecule has 1 aromatic rings. The first-order chi connectivity index (χ1) is 10.1. The van der Waals surface area contributed by atoms with Gasteiger partial charge >= 0.3 is 0 Å². The molecule has 0 bridgehead atoms. The van der Waals surface area contributed by atoms with Gasteiger partial charge in [-0.2, -0.15) is 0 Å².